The van der Waals surface area contributed by atoms with Crippen LogP contribution in [0.2, 0.25) is 0 Å². The summed E-state index contributed by atoms with van der Waals surface area (Å²) in [5.41, 5.74) is 3.19. The highest BCUT2D eigenvalue weighted by molar-refractivity contribution is 5.75. The molecule has 0 aliphatic rings. The van der Waals surface area contributed by atoms with E-state index in [0.29, 0.717) is 24.7 Å². The number of hydrogen-bond acceptors (Lipinski definition) is 5. The van der Waals surface area contributed by atoms with Crippen molar-refractivity contribution >= 4 is 24.0 Å². The number of nitrogens with zero attached hydrogens (tertiary/aromatic N) is 5. The first-order valence-electron chi connectivity index (χ1n) is 9.27. The first kappa shape index (κ1) is 19.3. The summed E-state index contributed by atoms with van der Waals surface area (Å²) in [5.74, 6) is 1.48. The molecule has 152 valence electrons. The number of aromatic nitrogens is 5. The van der Waals surface area contributed by atoms with Crippen molar-refractivity contribution in [3.05, 3.63) is 71.9 Å². The van der Waals surface area contributed by atoms with Gasteiger partial charge in [0.05, 0.1) is 11.9 Å². The molecule has 30 heavy (non-hydrogen) atoms. The highest BCUT2D eigenvalue weighted by atomic mass is 19.1. The zero-order chi connectivity index (χ0) is 21.1. The second-order valence-electron chi connectivity index (χ2n) is 6.82. The molecule has 0 saturated carbocycles. The minimum atomic E-state index is -0.303. The van der Waals surface area contributed by atoms with Gasteiger partial charge in [-0.1, -0.05) is 12.1 Å². The molecule has 0 aliphatic carbocycles. The first-order valence-corrected chi connectivity index (χ1v) is 9.27. The molecule has 3 aromatic heterocycles. The molecule has 3 heterocycles. The third-order valence-corrected chi connectivity index (χ3v) is 4.65. The van der Waals surface area contributed by atoms with Crippen molar-refractivity contribution in [2.45, 2.75) is 13.5 Å². The zero-order valence-electron chi connectivity index (χ0n) is 16.5. The quantitative estimate of drug-likeness (QED) is 0.460. The molecule has 0 spiro atoms. The van der Waals surface area contributed by atoms with Gasteiger partial charge < -0.3 is 15.2 Å². The molecule has 0 saturated heterocycles. The van der Waals surface area contributed by atoms with Gasteiger partial charge in [0.15, 0.2) is 0 Å². The molecule has 0 radical (unpaired) electrons. The Kier molecular flexibility index (Phi) is 5.25. The molecule has 1 amide bonds. The van der Waals surface area contributed by atoms with Gasteiger partial charge in [-0.2, -0.15) is 5.10 Å². The lowest BCUT2D eigenvalue weighted by Crippen LogP contribution is -2.05. The lowest BCUT2D eigenvalue weighted by Gasteiger charge is -2.09. The monoisotopic (exact) mass is 405 g/mol. The van der Waals surface area contributed by atoms with E-state index in [9.17, 15) is 9.18 Å². The first-order chi connectivity index (χ1) is 14.5. The summed E-state index contributed by atoms with van der Waals surface area (Å²) in [6, 6.07) is 10.0. The van der Waals surface area contributed by atoms with Gasteiger partial charge in [0, 0.05) is 37.6 Å². The summed E-state index contributed by atoms with van der Waals surface area (Å²) in [6.07, 6.45) is 5.91. The smallest absolute Gasteiger partial charge is 0.228 e. The summed E-state index contributed by atoms with van der Waals surface area (Å²) < 4.78 is 17.1. The van der Waals surface area contributed by atoms with Crippen LogP contribution in [0.15, 0.2) is 55.0 Å². The van der Waals surface area contributed by atoms with E-state index in [1.165, 1.54) is 12.1 Å². The second kappa shape index (κ2) is 8.16. The molecule has 0 atom stereocenters. The van der Waals surface area contributed by atoms with Crippen LogP contribution in [0.3, 0.4) is 0 Å². The van der Waals surface area contributed by atoms with Crippen molar-refractivity contribution < 1.29 is 9.18 Å². The Hall–Kier alpha value is -4.01. The average Bonchev–Trinajstić information content (AvgIpc) is 3.30. The van der Waals surface area contributed by atoms with Gasteiger partial charge in [-0.3, -0.25) is 9.48 Å². The molecular formula is C21H20FN7O. The molecule has 0 unspecified atom stereocenters. The van der Waals surface area contributed by atoms with E-state index >= 15 is 0 Å². The second-order valence-corrected chi connectivity index (χ2v) is 6.82. The van der Waals surface area contributed by atoms with Crippen LogP contribution in [0.4, 0.5) is 22.0 Å². The van der Waals surface area contributed by atoms with E-state index in [1.807, 2.05) is 42.9 Å². The predicted octanol–water partition coefficient (Wildman–Crippen LogP) is 3.49. The number of nitrogens with one attached hydrogen (secondary N) is 2. The largest absolute Gasteiger partial charge is 0.329 e. The van der Waals surface area contributed by atoms with E-state index in [-0.39, 0.29) is 5.82 Å². The molecule has 8 nitrogen and oxygen atoms in total. The minimum absolute atomic E-state index is 0.303. The van der Waals surface area contributed by atoms with E-state index in [1.54, 1.807) is 23.1 Å². The minimum Gasteiger partial charge on any atom is -0.329 e. The number of aryl methyl sites for hydroxylation is 2. The molecule has 0 bridgehead atoms. The molecule has 4 aromatic rings. The van der Waals surface area contributed by atoms with Crippen molar-refractivity contribution in [3.63, 3.8) is 0 Å². The van der Waals surface area contributed by atoms with Crippen molar-refractivity contribution in [2.24, 2.45) is 7.05 Å². The van der Waals surface area contributed by atoms with Gasteiger partial charge in [-0.15, -0.1) is 0 Å². The van der Waals surface area contributed by atoms with Crippen molar-refractivity contribution in [1.82, 2.24) is 24.3 Å². The Morgan fingerprint density at radius 3 is 2.80 bits per heavy atom. The molecule has 9 heteroatoms. The third kappa shape index (κ3) is 4.04. The average molecular weight is 405 g/mol. The van der Waals surface area contributed by atoms with Gasteiger partial charge in [0.2, 0.25) is 12.4 Å². The van der Waals surface area contributed by atoms with E-state index < -0.39 is 0 Å². The molecule has 0 fully saturated rings. The van der Waals surface area contributed by atoms with Crippen LogP contribution in [-0.4, -0.2) is 30.7 Å². The van der Waals surface area contributed by atoms with Crippen LogP contribution >= 0.6 is 0 Å². The SMILES string of the molecule is Cc1cnc(Nc2ccnn2C)nc1-c1cc(NC=O)n(Cc2cccc(F)c2)c1. The van der Waals surface area contributed by atoms with Gasteiger partial charge >= 0.3 is 0 Å². The lowest BCUT2D eigenvalue weighted by molar-refractivity contribution is -0.105. The fraction of sp³-hybridized carbons (Fsp3) is 0.143. The Labute approximate surface area is 172 Å². The standard InChI is InChI=1S/C21H20FN7O/c1-14-10-23-21(26-18-6-7-25-28(18)2)27-20(14)16-9-19(24-13-30)29(12-16)11-15-4-3-5-17(22)8-15/h3-10,12-13H,11H2,1-2H3,(H,24,30)(H,23,26,27). The summed E-state index contributed by atoms with van der Waals surface area (Å²) in [5, 5.41) is 9.96. The Bertz CT molecular complexity index is 1200. The van der Waals surface area contributed by atoms with Crippen LogP contribution < -0.4 is 10.6 Å². The van der Waals surface area contributed by atoms with Crippen molar-refractivity contribution in [1.29, 1.82) is 0 Å². The highest BCUT2D eigenvalue weighted by Gasteiger charge is 2.13. The molecule has 1 aromatic carbocycles. The molecule has 2 N–H and O–H groups in total. The number of benzene rings is 1. The zero-order valence-corrected chi connectivity index (χ0v) is 16.5. The van der Waals surface area contributed by atoms with Crippen molar-refractivity contribution in [2.75, 3.05) is 10.6 Å². The van der Waals surface area contributed by atoms with Crippen LogP contribution in [0.5, 0.6) is 0 Å². The molecule has 4 rings (SSSR count). The Balaban J connectivity index is 1.68. The molecular weight excluding hydrogens is 385 g/mol. The number of amides is 1. The number of carbonyl (C=O) groups is 1. The van der Waals surface area contributed by atoms with Gasteiger partial charge in [-0.05, 0) is 36.2 Å². The van der Waals surface area contributed by atoms with Crippen LogP contribution in [0, 0.1) is 12.7 Å². The Morgan fingerprint density at radius 2 is 2.07 bits per heavy atom. The maximum atomic E-state index is 13.6. The van der Waals surface area contributed by atoms with E-state index in [4.69, 9.17) is 0 Å². The number of carbonyl (C=O) groups excluding carboxylic acids is 1. The fourth-order valence-electron chi connectivity index (χ4n) is 3.19. The van der Waals surface area contributed by atoms with Crippen LogP contribution in [0.1, 0.15) is 11.1 Å². The fourth-order valence-corrected chi connectivity index (χ4v) is 3.19. The van der Waals surface area contributed by atoms with E-state index in [2.05, 4.69) is 25.7 Å². The summed E-state index contributed by atoms with van der Waals surface area (Å²) >= 11 is 0. The van der Waals surface area contributed by atoms with Crippen LogP contribution in [0.25, 0.3) is 11.3 Å². The van der Waals surface area contributed by atoms with Crippen molar-refractivity contribution in [3.8, 4) is 11.3 Å². The highest BCUT2D eigenvalue weighted by Crippen LogP contribution is 2.28. The maximum Gasteiger partial charge on any atom is 0.228 e. The van der Waals surface area contributed by atoms with Crippen LogP contribution in [-0.2, 0) is 18.4 Å². The van der Waals surface area contributed by atoms with Gasteiger partial charge in [0.1, 0.15) is 17.5 Å². The lowest BCUT2D eigenvalue weighted by atomic mass is 10.1. The summed E-state index contributed by atoms with van der Waals surface area (Å²) in [4.78, 5) is 20.1. The van der Waals surface area contributed by atoms with Gasteiger partial charge in [0.25, 0.3) is 0 Å². The number of halogens is 1. The predicted molar refractivity (Wildman–Crippen MR) is 112 cm³/mol. The number of rotatable bonds is 7. The molecule has 0 aliphatic heterocycles. The normalized spacial score (nSPS) is 10.8. The van der Waals surface area contributed by atoms with E-state index in [0.717, 1.165) is 28.2 Å². The number of anilines is 3. The maximum absolute atomic E-state index is 13.6. The summed E-state index contributed by atoms with van der Waals surface area (Å²) in [7, 11) is 1.82. The van der Waals surface area contributed by atoms with Gasteiger partial charge in [-0.25, -0.2) is 14.4 Å². The number of hydrogen-bond donors (Lipinski definition) is 2. The topological polar surface area (TPSA) is 89.7 Å². The summed E-state index contributed by atoms with van der Waals surface area (Å²) in [6.45, 7) is 2.32. The third-order valence-electron chi connectivity index (χ3n) is 4.65. The Morgan fingerprint density at radius 1 is 1.20 bits per heavy atom.